The molecule has 0 aromatic carbocycles. The Kier molecular flexibility index (Phi) is 5.99. The molecule has 0 aliphatic rings. The zero-order chi connectivity index (χ0) is 7.11. The molecule has 1 atom stereocenters. The van der Waals surface area contributed by atoms with E-state index in [1.54, 1.807) is 0 Å². The maximum absolute atomic E-state index is 9.04. The second kappa shape index (κ2) is 6.05. The van der Waals surface area contributed by atoms with Gasteiger partial charge in [0.15, 0.2) is 0 Å². The van der Waals surface area contributed by atoms with E-state index in [-0.39, 0.29) is 6.10 Å². The third-order valence-electron chi connectivity index (χ3n) is 1.46. The molecule has 0 aliphatic heterocycles. The fraction of sp³-hybridized carbons (Fsp3) is 1.00. The van der Waals surface area contributed by atoms with Crippen LogP contribution in [0.25, 0.3) is 0 Å². The van der Waals surface area contributed by atoms with Crippen molar-refractivity contribution in [2.24, 2.45) is 5.73 Å². The summed E-state index contributed by atoms with van der Waals surface area (Å²) in [5, 5.41) is 9.04. The highest BCUT2D eigenvalue weighted by Crippen LogP contribution is 2.01. The molecule has 0 fully saturated rings. The highest BCUT2D eigenvalue weighted by Gasteiger charge is 1.97. The first-order chi connectivity index (χ1) is 4.31. The molecule has 9 heavy (non-hydrogen) atoms. The summed E-state index contributed by atoms with van der Waals surface area (Å²) >= 11 is 0. The summed E-state index contributed by atoms with van der Waals surface area (Å²) in [6, 6.07) is 0. The van der Waals surface area contributed by atoms with Crippen molar-refractivity contribution in [2.75, 3.05) is 6.54 Å². The molecule has 0 aromatic rings. The molecule has 0 rings (SSSR count). The van der Waals surface area contributed by atoms with Gasteiger partial charge in [-0.25, -0.2) is 0 Å². The Morgan fingerprint density at radius 3 is 2.56 bits per heavy atom. The predicted octanol–water partition coefficient (Wildman–Crippen LogP) is 0.886. The van der Waals surface area contributed by atoms with Crippen LogP contribution in [-0.4, -0.2) is 17.8 Å². The Bertz CT molecular complexity index is 56.9. The Balaban J connectivity index is 2.88. The molecule has 2 nitrogen and oxygen atoms in total. The van der Waals surface area contributed by atoms with Crippen molar-refractivity contribution < 1.29 is 5.11 Å². The van der Waals surface area contributed by atoms with Crippen LogP contribution >= 0.6 is 0 Å². The first-order valence-corrected chi connectivity index (χ1v) is 3.69. The summed E-state index contributed by atoms with van der Waals surface area (Å²) in [6.07, 6.45) is 3.78. The summed E-state index contributed by atoms with van der Waals surface area (Å²) in [7, 11) is 0. The summed E-state index contributed by atoms with van der Waals surface area (Å²) in [5.74, 6) is 0. The number of aliphatic hydroxyl groups is 1. The van der Waals surface area contributed by atoms with E-state index in [1.807, 2.05) is 6.92 Å². The molecule has 3 N–H and O–H groups in total. The third kappa shape index (κ3) is 5.80. The van der Waals surface area contributed by atoms with Crippen molar-refractivity contribution in [3.63, 3.8) is 0 Å². The zero-order valence-electron chi connectivity index (χ0n) is 6.14. The van der Waals surface area contributed by atoms with E-state index in [4.69, 9.17) is 10.8 Å². The molecule has 0 bridgehead atoms. The highest BCUT2D eigenvalue weighted by atomic mass is 16.3. The molecule has 0 amide bonds. The second-order valence-electron chi connectivity index (χ2n) is 2.35. The molecule has 0 aromatic heterocycles. The third-order valence-corrected chi connectivity index (χ3v) is 1.46. The van der Waals surface area contributed by atoms with Gasteiger partial charge in [0.1, 0.15) is 0 Å². The van der Waals surface area contributed by atoms with Crippen LogP contribution in [0, 0.1) is 0 Å². The molecule has 0 aliphatic carbocycles. The number of rotatable bonds is 5. The van der Waals surface area contributed by atoms with Gasteiger partial charge in [0.2, 0.25) is 0 Å². The van der Waals surface area contributed by atoms with E-state index in [0.717, 1.165) is 32.2 Å². The van der Waals surface area contributed by atoms with E-state index in [0.29, 0.717) is 0 Å². The van der Waals surface area contributed by atoms with Crippen LogP contribution in [0.3, 0.4) is 0 Å². The Labute approximate surface area is 57.1 Å². The van der Waals surface area contributed by atoms with Crippen LogP contribution in [0.4, 0.5) is 0 Å². The molecule has 0 saturated heterocycles. The van der Waals surface area contributed by atoms with Crippen LogP contribution in [0.15, 0.2) is 0 Å². The lowest BCUT2D eigenvalue weighted by atomic mass is 10.1. The Morgan fingerprint density at radius 2 is 2.11 bits per heavy atom. The molecular formula is C7H17NO. The van der Waals surface area contributed by atoms with E-state index in [2.05, 4.69) is 0 Å². The van der Waals surface area contributed by atoms with Crippen LogP contribution in [0.1, 0.15) is 32.6 Å². The molecule has 1 unspecified atom stereocenters. The summed E-state index contributed by atoms with van der Waals surface area (Å²) < 4.78 is 0. The molecule has 2 heteroatoms. The topological polar surface area (TPSA) is 46.2 Å². The van der Waals surface area contributed by atoms with Gasteiger partial charge in [-0.2, -0.15) is 0 Å². The molecule has 56 valence electrons. The van der Waals surface area contributed by atoms with Crippen LogP contribution in [0.5, 0.6) is 0 Å². The minimum Gasteiger partial charge on any atom is -0.393 e. The first kappa shape index (κ1) is 8.92. The smallest absolute Gasteiger partial charge is 0.0537 e. The molecule has 0 radical (unpaired) electrons. The van der Waals surface area contributed by atoms with Gasteiger partial charge in [0, 0.05) is 0 Å². The highest BCUT2D eigenvalue weighted by molar-refractivity contribution is 4.52. The lowest BCUT2D eigenvalue weighted by molar-refractivity contribution is 0.157. The van der Waals surface area contributed by atoms with Gasteiger partial charge in [0.05, 0.1) is 6.10 Å². The predicted molar refractivity (Wildman–Crippen MR) is 39.2 cm³/mol. The van der Waals surface area contributed by atoms with Crippen molar-refractivity contribution in [1.82, 2.24) is 0 Å². The minimum atomic E-state index is -0.100. The van der Waals surface area contributed by atoms with Crippen LogP contribution in [-0.2, 0) is 0 Å². The number of hydrogen-bond donors (Lipinski definition) is 2. The monoisotopic (exact) mass is 131 g/mol. The maximum atomic E-state index is 9.04. The summed E-state index contributed by atoms with van der Waals surface area (Å²) in [6.45, 7) is 2.74. The normalized spacial score (nSPS) is 13.7. The number of nitrogens with two attached hydrogens (primary N) is 1. The number of aliphatic hydroxyl groups excluding tert-OH is 1. The van der Waals surface area contributed by atoms with Crippen molar-refractivity contribution in [3.05, 3.63) is 0 Å². The number of hydrogen-bond acceptors (Lipinski definition) is 2. The van der Waals surface area contributed by atoms with Gasteiger partial charge in [-0.15, -0.1) is 0 Å². The van der Waals surface area contributed by atoms with Crippen molar-refractivity contribution in [1.29, 1.82) is 0 Å². The van der Waals surface area contributed by atoms with Crippen LogP contribution in [0.2, 0.25) is 0 Å². The second-order valence-corrected chi connectivity index (χ2v) is 2.35. The average Bonchev–Trinajstić information content (AvgIpc) is 1.89. The van der Waals surface area contributed by atoms with Crippen molar-refractivity contribution in [2.45, 2.75) is 38.7 Å². The van der Waals surface area contributed by atoms with E-state index >= 15 is 0 Å². The van der Waals surface area contributed by atoms with Crippen LogP contribution < -0.4 is 5.73 Å². The minimum absolute atomic E-state index is 0.100. The Morgan fingerprint density at radius 1 is 1.44 bits per heavy atom. The van der Waals surface area contributed by atoms with Crippen molar-refractivity contribution >= 4 is 0 Å². The molecule has 0 saturated carbocycles. The fourth-order valence-corrected chi connectivity index (χ4v) is 0.728. The summed E-state index contributed by atoms with van der Waals surface area (Å²) in [5.41, 5.74) is 5.27. The fourth-order valence-electron chi connectivity index (χ4n) is 0.728. The van der Waals surface area contributed by atoms with E-state index < -0.39 is 0 Å². The lowest BCUT2D eigenvalue weighted by Gasteiger charge is -2.04. The van der Waals surface area contributed by atoms with Gasteiger partial charge < -0.3 is 10.8 Å². The van der Waals surface area contributed by atoms with Gasteiger partial charge in [-0.05, 0) is 32.2 Å². The summed E-state index contributed by atoms with van der Waals surface area (Å²) in [4.78, 5) is 0. The maximum Gasteiger partial charge on any atom is 0.0537 e. The molecule has 0 spiro atoms. The van der Waals surface area contributed by atoms with Gasteiger partial charge in [-0.3, -0.25) is 0 Å². The first-order valence-electron chi connectivity index (χ1n) is 3.69. The van der Waals surface area contributed by atoms with Gasteiger partial charge in [-0.1, -0.05) is 6.92 Å². The largest absolute Gasteiger partial charge is 0.393 e. The van der Waals surface area contributed by atoms with Crippen molar-refractivity contribution in [3.8, 4) is 0 Å². The SMILES string of the molecule is CCC(O)CCCCN. The van der Waals surface area contributed by atoms with Gasteiger partial charge in [0.25, 0.3) is 0 Å². The van der Waals surface area contributed by atoms with E-state index in [1.165, 1.54) is 0 Å². The standard InChI is InChI=1S/C7H17NO/c1-2-7(9)5-3-4-6-8/h7,9H,2-6,8H2,1H3. The quantitative estimate of drug-likeness (QED) is 0.544. The lowest BCUT2D eigenvalue weighted by Crippen LogP contribution is -2.05. The van der Waals surface area contributed by atoms with Gasteiger partial charge >= 0.3 is 0 Å². The molecular weight excluding hydrogens is 114 g/mol. The average molecular weight is 131 g/mol. The Hall–Kier alpha value is -0.0800. The number of unbranched alkanes of at least 4 members (excludes halogenated alkanes) is 1. The van der Waals surface area contributed by atoms with E-state index in [9.17, 15) is 0 Å². The zero-order valence-corrected chi connectivity index (χ0v) is 6.14. The molecule has 0 heterocycles.